The average molecular weight is 288 g/mol. The SMILES string of the molecule is Nc1c(C2CCSC2)nc2c(Cl)cc(Cl)cn12. The molecule has 0 bridgehead atoms. The molecule has 6 heteroatoms. The molecule has 2 aromatic heterocycles. The Morgan fingerprint density at radius 3 is 3.00 bits per heavy atom. The van der Waals surface area contributed by atoms with Crippen molar-refractivity contribution >= 4 is 46.4 Å². The molecule has 1 unspecified atom stereocenters. The lowest BCUT2D eigenvalue weighted by molar-refractivity contribution is 0.762. The minimum Gasteiger partial charge on any atom is -0.383 e. The van der Waals surface area contributed by atoms with E-state index in [4.69, 9.17) is 28.9 Å². The van der Waals surface area contributed by atoms with Gasteiger partial charge in [-0.05, 0) is 18.2 Å². The molecule has 1 aliphatic heterocycles. The Morgan fingerprint density at radius 2 is 2.29 bits per heavy atom. The molecule has 0 aliphatic carbocycles. The van der Waals surface area contributed by atoms with Crippen LogP contribution in [0.2, 0.25) is 10.0 Å². The molecule has 0 radical (unpaired) electrons. The summed E-state index contributed by atoms with van der Waals surface area (Å²) in [6.45, 7) is 0. The molecule has 2 aromatic rings. The molecule has 1 atom stereocenters. The Labute approximate surface area is 113 Å². The predicted octanol–water partition coefficient (Wildman–Crippen LogP) is 3.44. The first-order chi connectivity index (χ1) is 8.16. The molecule has 0 aromatic carbocycles. The second-order valence-electron chi connectivity index (χ2n) is 4.14. The van der Waals surface area contributed by atoms with E-state index < -0.39 is 0 Å². The van der Waals surface area contributed by atoms with Crippen molar-refractivity contribution < 1.29 is 0 Å². The van der Waals surface area contributed by atoms with Gasteiger partial charge in [-0.1, -0.05) is 23.2 Å². The largest absolute Gasteiger partial charge is 0.383 e. The van der Waals surface area contributed by atoms with Crippen LogP contribution in [0.5, 0.6) is 0 Å². The third-order valence-electron chi connectivity index (χ3n) is 3.02. The van der Waals surface area contributed by atoms with E-state index in [0.29, 0.717) is 27.4 Å². The summed E-state index contributed by atoms with van der Waals surface area (Å²) < 4.78 is 1.78. The van der Waals surface area contributed by atoms with Gasteiger partial charge in [-0.15, -0.1) is 0 Å². The van der Waals surface area contributed by atoms with Gasteiger partial charge in [0, 0.05) is 17.9 Å². The summed E-state index contributed by atoms with van der Waals surface area (Å²) in [4.78, 5) is 4.57. The molecule has 0 amide bonds. The van der Waals surface area contributed by atoms with Gasteiger partial charge in [0.05, 0.1) is 15.7 Å². The Hall–Kier alpha value is -0.580. The quantitative estimate of drug-likeness (QED) is 0.874. The smallest absolute Gasteiger partial charge is 0.157 e. The predicted molar refractivity (Wildman–Crippen MR) is 74.3 cm³/mol. The first-order valence-corrected chi connectivity index (χ1v) is 7.28. The standard InChI is InChI=1S/C11H11Cl2N3S/c12-7-3-8(13)11-15-9(6-1-2-17-5-6)10(14)16(11)4-7/h3-4,6H,1-2,5,14H2. The van der Waals surface area contributed by atoms with Crippen molar-refractivity contribution in [2.75, 3.05) is 17.2 Å². The lowest BCUT2D eigenvalue weighted by atomic mass is 10.1. The fourth-order valence-electron chi connectivity index (χ4n) is 2.16. The van der Waals surface area contributed by atoms with Crippen molar-refractivity contribution in [3.63, 3.8) is 0 Å². The first-order valence-electron chi connectivity index (χ1n) is 5.37. The van der Waals surface area contributed by atoms with Gasteiger partial charge in [-0.2, -0.15) is 11.8 Å². The minimum atomic E-state index is 0.440. The van der Waals surface area contributed by atoms with E-state index in [9.17, 15) is 0 Å². The van der Waals surface area contributed by atoms with E-state index in [0.717, 1.165) is 17.9 Å². The Morgan fingerprint density at radius 1 is 1.47 bits per heavy atom. The number of fused-ring (bicyclic) bond motifs is 1. The van der Waals surface area contributed by atoms with Crippen LogP contribution >= 0.6 is 35.0 Å². The summed E-state index contributed by atoms with van der Waals surface area (Å²) in [6.07, 6.45) is 2.89. The van der Waals surface area contributed by atoms with Crippen LogP contribution in [0, 0.1) is 0 Å². The summed E-state index contributed by atoms with van der Waals surface area (Å²) in [5, 5.41) is 1.11. The van der Waals surface area contributed by atoms with Gasteiger partial charge in [-0.25, -0.2) is 4.98 Å². The summed E-state index contributed by atoms with van der Waals surface area (Å²) in [5.41, 5.74) is 7.78. The lowest BCUT2D eigenvalue weighted by Crippen LogP contribution is -2.02. The molecular formula is C11H11Cl2N3S. The highest BCUT2D eigenvalue weighted by Gasteiger charge is 2.24. The molecule has 3 nitrogen and oxygen atoms in total. The Balaban J connectivity index is 2.20. The van der Waals surface area contributed by atoms with Crippen LogP contribution in [0.1, 0.15) is 18.0 Å². The highest BCUT2D eigenvalue weighted by Crippen LogP contribution is 2.36. The van der Waals surface area contributed by atoms with Gasteiger partial charge < -0.3 is 5.73 Å². The highest BCUT2D eigenvalue weighted by molar-refractivity contribution is 7.99. The minimum absolute atomic E-state index is 0.440. The van der Waals surface area contributed by atoms with E-state index in [1.54, 1.807) is 16.7 Å². The number of halogens is 2. The third-order valence-corrected chi connectivity index (χ3v) is 4.67. The van der Waals surface area contributed by atoms with Gasteiger partial charge >= 0.3 is 0 Å². The van der Waals surface area contributed by atoms with Gasteiger partial charge in [0.15, 0.2) is 5.65 Å². The van der Waals surface area contributed by atoms with Crippen LogP contribution in [0.4, 0.5) is 5.82 Å². The molecule has 1 saturated heterocycles. The topological polar surface area (TPSA) is 43.3 Å². The van der Waals surface area contributed by atoms with Crippen LogP contribution in [0.25, 0.3) is 5.65 Å². The van der Waals surface area contributed by atoms with E-state index in [-0.39, 0.29) is 0 Å². The average Bonchev–Trinajstić information content (AvgIpc) is 2.87. The lowest BCUT2D eigenvalue weighted by Gasteiger charge is -2.05. The van der Waals surface area contributed by atoms with Gasteiger partial charge in [0.25, 0.3) is 0 Å². The number of pyridine rings is 1. The summed E-state index contributed by atoms with van der Waals surface area (Å²) >= 11 is 14.0. The number of aromatic nitrogens is 2. The van der Waals surface area contributed by atoms with E-state index in [1.165, 1.54) is 5.75 Å². The summed E-state index contributed by atoms with van der Waals surface area (Å²) in [7, 11) is 0. The van der Waals surface area contributed by atoms with Gasteiger partial charge in [0.1, 0.15) is 5.82 Å². The molecule has 0 spiro atoms. The van der Waals surface area contributed by atoms with Crippen molar-refractivity contribution in [3.8, 4) is 0 Å². The second-order valence-corrected chi connectivity index (χ2v) is 6.14. The zero-order valence-electron chi connectivity index (χ0n) is 8.99. The van der Waals surface area contributed by atoms with Crippen LogP contribution in [0.15, 0.2) is 12.3 Å². The Bertz CT molecular complexity index is 576. The third kappa shape index (κ3) is 1.88. The maximum absolute atomic E-state index is 6.13. The van der Waals surface area contributed by atoms with Crippen LogP contribution in [-0.4, -0.2) is 20.9 Å². The van der Waals surface area contributed by atoms with E-state index in [2.05, 4.69) is 4.98 Å². The number of rotatable bonds is 1. The fraction of sp³-hybridized carbons (Fsp3) is 0.364. The Kier molecular flexibility index (Phi) is 2.89. The molecule has 3 heterocycles. The van der Waals surface area contributed by atoms with Crippen LogP contribution in [-0.2, 0) is 0 Å². The fourth-order valence-corrected chi connectivity index (χ4v) is 3.90. The maximum Gasteiger partial charge on any atom is 0.157 e. The summed E-state index contributed by atoms with van der Waals surface area (Å²) in [5.74, 6) is 3.36. The number of hydrogen-bond donors (Lipinski definition) is 1. The van der Waals surface area contributed by atoms with Gasteiger partial charge in [-0.3, -0.25) is 4.40 Å². The van der Waals surface area contributed by atoms with Gasteiger partial charge in [0.2, 0.25) is 0 Å². The number of thioether (sulfide) groups is 1. The molecule has 1 aliphatic rings. The molecule has 17 heavy (non-hydrogen) atoms. The maximum atomic E-state index is 6.13. The second kappa shape index (κ2) is 4.26. The molecule has 1 fully saturated rings. The summed E-state index contributed by atoms with van der Waals surface area (Å²) in [6, 6.07) is 1.69. The number of imidazole rings is 1. The molecule has 3 rings (SSSR count). The molecule has 90 valence electrons. The van der Waals surface area contributed by atoms with E-state index in [1.807, 2.05) is 11.8 Å². The van der Waals surface area contributed by atoms with Crippen molar-refractivity contribution in [1.82, 2.24) is 9.38 Å². The highest BCUT2D eigenvalue weighted by atomic mass is 35.5. The van der Waals surface area contributed by atoms with Crippen LogP contribution < -0.4 is 5.73 Å². The van der Waals surface area contributed by atoms with Crippen molar-refractivity contribution in [2.24, 2.45) is 0 Å². The number of hydrogen-bond acceptors (Lipinski definition) is 3. The number of nitrogens with two attached hydrogens (primary N) is 1. The van der Waals surface area contributed by atoms with E-state index >= 15 is 0 Å². The number of anilines is 1. The number of nitrogen functional groups attached to an aromatic ring is 1. The molecule has 2 N–H and O–H groups in total. The monoisotopic (exact) mass is 287 g/mol. The van der Waals surface area contributed by atoms with Crippen molar-refractivity contribution in [1.29, 1.82) is 0 Å². The van der Waals surface area contributed by atoms with Crippen molar-refractivity contribution in [3.05, 3.63) is 28.0 Å². The van der Waals surface area contributed by atoms with Crippen LogP contribution in [0.3, 0.4) is 0 Å². The molecular weight excluding hydrogens is 277 g/mol. The zero-order valence-corrected chi connectivity index (χ0v) is 11.3. The normalized spacial score (nSPS) is 20.2. The van der Waals surface area contributed by atoms with Crippen molar-refractivity contribution in [2.45, 2.75) is 12.3 Å². The first kappa shape index (κ1) is 11.5. The number of nitrogens with zero attached hydrogens (tertiary/aromatic N) is 2. The molecule has 0 saturated carbocycles. The zero-order chi connectivity index (χ0) is 12.0.